The van der Waals surface area contributed by atoms with Gasteiger partial charge in [0.1, 0.15) is 5.75 Å². The van der Waals surface area contributed by atoms with Gasteiger partial charge in [0.15, 0.2) is 0 Å². The lowest BCUT2D eigenvalue weighted by Crippen LogP contribution is -2.17. The average molecular weight is 213 g/mol. The predicted molar refractivity (Wildman–Crippen MR) is 47.8 cm³/mol. The van der Waals surface area contributed by atoms with Crippen molar-refractivity contribution >= 4 is 6.08 Å². The van der Waals surface area contributed by atoms with E-state index in [0.717, 1.165) is 6.08 Å². The van der Waals surface area contributed by atoms with Crippen LogP contribution in [0.4, 0.5) is 13.2 Å². The molecule has 0 bridgehead atoms. The molecule has 0 saturated heterocycles. The Morgan fingerprint density at radius 1 is 1.27 bits per heavy atom. The number of ether oxygens (including phenoxy) is 1. The molecular formula is C10H6F3NO. The minimum atomic E-state index is -4.73. The van der Waals surface area contributed by atoms with Crippen LogP contribution in [0, 0.1) is 11.3 Å². The van der Waals surface area contributed by atoms with Crippen LogP contribution in [0.1, 0.15) is 5.56 Å². The molecular weight excluding hydrogens is 207 g/mol. The van der Waals surface area contributed by atoms with Gasteiger partial charge in [0.05, 0.1) is 6.07 Å². The van der Waals surface area contributed by atoms with Gasteiger partial charge in [0, 0.05) is 11.6 Å². The minimum absolute atomic E-state index is 0.205. The lowest BCUT2D eigenvalue weighted by atomic mass is 10.2. The summed E-state index contributed by atoms with van der Waals surface area (Å²) in [5.41, 5.74) is 0.205. The highest BCUT2D eigenvalue weighted by molar-refractivity contribution is 5.58. The second kappa shape index (κ2) is 4.51. The molecule has 0 saturated carbocycles. The zero-order valence-electron chi connectivity index (χ0n) is 7.45. The van der Waals surface area contributed by atoms with Crippen molar-refractivity contribution in [2.24, 2.45) is 0 Å². The molecule has 1 rings (SSSR count). The van der Waals surface area contributed by atoms with Gasteiger partial charge in [-0.05, 0) is 12.1 Å². The molecule has 0 aliphatic rings. The molecule has 0 spiro atoms. The van der Waals surface area contributed by atoms with Gasteiger partial charge in [0.2, 0.25) is 0 Å². The summed E-state index contributed by atoms with van der Waals surface area (Å²) >= 11 is 0. The van der Waals surface area contributed by atoms with Crippen molar-refractivity contribution in [2.75, 3.05) is 0 Å². The summed E-state index contributed by atoms with van der Waals surface area (Å²) in [6.45, 7) is 0. The fraction of sp³-hybridized carbons (Fsp3) is 0.100. The number of benzene rings is 1. The highest BCUT2D eigenvalue weighted by atomic mass is 19.4. The van der Waals surface area contributed by atoms with Gasteiger partial charge in [-0.1, -0.05) is 18.2 Å². The number of hydrogen-bond donors (Lipinski definition) is 0. The Hall–Kier alpha value is -1.96. The van der Waals surface area contributed by atoms with Crippen LogP contribution in [-0.4, -0.2) is 6.36 Å². The lowest BCUT2D eigenvalue weighted by Gasteiger charge is -2.10. The zero-order valence-corrected chi connectivity index (χ0v) is 7.45. The smallest absolute Gasteiger partial charge is 0.405 e. The molecule has 0 N–H and O–H groups in total. The molecule has 1 aromatic rings. The average Bonchev–Trinajstić information content (AvgIpc) is 2.14. The third-order valence-electron chi connectivity index (χ3n) is 1.48. The van der Waals surface area contributed by atoms with E-state index in [1.54, 1.807) is 12.1 Å². The van der Waals surface area contributed by atoms with Crippen molar-refractivity contribution in [1.82, 2.24) is 0 Å². The molecule has 15 heavy (non-hydrogen) atoms. The second-order valence-corrected chi connectivity index (χ2v) is 2.55. The number of alkyl halides is 3. The molecule has 0 unspecified atom stereocenters. The summed E-state index contributed by atoms with van der Waals surface area (Å²) in [4.78, 5) is 0. The molecule has 0 aromatic heterocycles. The minimum Gasteiger partial charge on any atom is -0.405 e. The summed E-state index contributed by atoms with van der Waals surface area (Å²) in [7, 11) is 0. The standard InChI is InChI=1S/C10H6F3NO/c11-10(12,13)15-9-6-2-1-4-8(9)5-3-7-14/h1-6H/b5-3+. The normalized spacial score (nSPS) is 11.3. The third-order valence-corrected chi connectivity index (χ3v) is 1.48. The van der Waals surface area contributed by atoms with Crippen LogP contribution in [0.25, 0.3) is 6.08 Å². The summed E-state index contributed by atoms with van der Waals surface area (Å²) in [6.07, 6.45) is -2.39. The lowest BCUT2D eigenvalue weighted by molar-refractivity contribution is -0.274. The van der Waals surface area contributed by atoms with Crippen molar-refractivity contribution in [3.63, 3.8) is 0 Å². The van der Waals surface area contributed by atoms with Gasteiger partial charge in [-0.15, -0.1) is 13.2 Å². The van der Waals surface area contributed by atoms with Crippen LogP contribution in [0.5, 0.6) is 5.75 Å². The summed E-state index contributed by atoms with van der Waals surface area (Å²) < 4.78 is 39.6. The van der Waals surface area contributed by atoms with E-state index in [2.05, 4.69) is 4.74 Å². The van der Waals surface area contributed by atoms with Gasteiger partial charge in [-0.3, -0.25) is 0 Å². The van der Waals surface area contributed by atoms with E-state index in [1.807, 2.05) is 0 Å². The van der Waals surface area contributed by atoms with Crippen LogP contribution in [0.2, 0.25) is 0 Å². The van der Waals surface area contributed by atoms with Gasteiger partial charge >= 0.3 is 6.36 Å². The Kier molecular flexibility index (Phi) is 3.34. The summed E-state index contributed by atoms with van der Waals surface area (Å²) in [6, 6.07) is 7.28. The van der Waals surface area contributed by atoms with Crippen molar-refractivity contribution in [3.8, 4) is 11.8 Å². The molecule has 78 valence electrons. The second-order valence-electron chi connectivity index (χ2n) is 2.55. The van der Waals surface area contributed by atoms with Crippen LogP contribution in [-0.2, 0) is 0 Å². The molecule has 0 radical (unpaired) electrons. The fourth-order valence-electron chi connectivity index (χ4n) is 0.963. The number of rotatable bonds is 2. The first-order chi connectivity index (χ1) is 7.03. The number of allylic oxidation sites excluding steroid dienone is 1. The summed E-state index contributed by atoms with van der Waals surface area (Å²) in [5, 5.41) is 8.25. The van der Waals surface area contributed by atoms with Gasteiger partial charge in [-0.25, -0.2) is 0 Å². The van der Waals surface area contributed by atoms with Crippen molar-refractivity contribution in [3.05, 3.63) is 35.9 Å². The Morgan fingerprint density at radius 2 is 1.93 bits per heavy atom. The van der Waals surface area contributed by atoms with Gasteiger partial charge in [-0.2, -0.15) is 5.26 Å². The first-order valence-electron chi connectivity index (χ1n) is 3.94. The summed E-state index contributed by atoms with van der Waals surface area (Å²) in [5.74, 6) is -0.323. The molecule has 1 aromatic carbocycles. The Labute approximate surface area is 84.2 Å². The number of nitrogens with zero attached hydrogens (tertiary/aromatic N) is 1. The predicted octanol–water partition coefficient (Wildman–Crippen LogP) is 3.12. The Balaban J connectivity index is 2.97. The van der Waals surface area contributed by atoms with E-state index in [1.165, 1.54) is 24.3 Å². The molecule has 0 heterocycles. The SMILES string of the molecule is N#C/C=C/c1ccccc1OC(F)(F)F. The highest BCUT2D eigenvalue weighted by Crippen LogP contribution is 2.26. The number of halogens is 3. The van der Waals surface area contributed by atoms with Crippen molar-refractivity contribution in [2.45, 2.75) is 6.36 Å². The fourth-order valence-corrected chi connectivity index (χ4v) is 0.963. The largest absolute Gasteiger partial charge is 0.573 e. The highest BCUT2D eigenvalue weighted by Gasteiger charge is 2.31. The van der Waals surface area contributed by atoms with Crippen LogP contribution in [0.3, 0.4) is 0 Å². The molecule has 0 amide bonds. The van der Waals surface area contributed by atoms with E-state index >= 15 is 0 Å². The molecule has 0 aliphatic heterocycles. The number of hydrogen-bond acceptors (Lipinski definition) is 2. The number of para-hydroxylation sites is 1. The topological polar surface area (TPSA) is 33.0 Å². The quantitative estimate of drug-likeness (QED) is 0.707. The molecule has 0 atom stereocenters. The van der Waals surface area contributed by atoms with Gasteiger partial charge in [0.25, 0.3) is 0 Å². The van der Waals surface area contributed by atoms with E-state index in [9.17, 15) is 13.2 Å². The molecule has 0 aliphatic carbocycles. The number of nitriles is 1. The zero-order chi connectivity index (χ0) is 11.3. The van der Waals surface area contributed by atoms with Crippen molar-refractivity contribution in [1.29, 1.82) is 5.26 Å². The van der Waals surface area contributed by atoms with Crippen LogP contribution in [0.15, 0.2) is 30.3 Å². The van der Waals surface area contributed by atoms with Crippen LogP contribution >= 0.6 is 0 Å². The third kappa shape index (κ3) is 3.73. The van der Waals surface area contributed by atoms with E-state index in [4.69, 9.17) is 5.26 Å². The maximum Gasteiger partial charge on any atom is 0.573 e. The van der Waals surface area contributed by atoms with Gasteiger partial charge < -0.3 is 4.74 Å². The Morgan fingerprint density at radius 3 is 2.53 bits per heavy atom. The maximum atomic E-state index is 11.9. The first-order valence-corrected chi connectivity index (χ1v) is 3.94. The molecule has 0 fully saturated rings. The Bertz CT molecular complexity index is 404. The van der Waals surface area contributed by atoms with Crippen LogP contribution < -0.4 is 4.74 Å². The van der Waals surface area contributed by atoms with Crippen molar-refractivity contribution < 1.29 is 17.9 Å². The monoisotopic (exact) mass is 213 g/mol. The van der Waals surface area contributed by atoms with E-state index < -0.39 is 6.36 Å². The molecule has 2 nitrogen and oxygen atoms in total. The maximum absolute atomic E-state index is 11.9. The first kappa shape index (κ1) is 11.1. The molecule has 5 heteroatoms. The van der Waals surface area contributed by atoms with E-state index in [0.29, 0.717) is 0 Å². The van der Waals surface area contributed by atoms with E-state index in [-0.39, 0.29) is 11.3 Å².